The quantitative estimate of drug-likeness (QED) is 0.740. The number of nitrogens with zero attached hydrogens (tertiary/aromatic N) is 3. The van der Waals surface area contributed by atoms with Gasteiger partial charge in [0.1, 0.15) is 17.0 Å². The molecule has 1 aromatic heterocycles. The Labute approximate surface area is 136 Å². The summed E-state index contributed by atoms with van der Waals surface area (Å²) >= 11 is 0. The zero-order chi connectivity index (χ0) is 16.9. The van der Waals surface area contributed by atoms with Gasteiger partial charge >= 0.3 is 5.97 Å². The molecule has 2 heterocycles. The molecule has 2 N–H and O–H groups in total. The van der Waals surface area contributed by atoms with Gasteiger partial charge in [0, 0.05) is 0 Å². The van der Waals surface area contributed by atoms with Crippen LogP contribution in [0, 0.1) is 0 Å². The zero-order valence-electron chi connectivity index (χ0n) is 12.2. The number of benzene rings is 2. The second kappa shape index (κ2) is 5.03. The zero-order valence-corrected chi connectivity index (χ0v) is 13.1. The van der Waals surface area contributed by atoms with E-state index in [-0.39, 0.29) is 11.4 Å². The van der Waals surface area contributed by atoms with Crippen LogP contribution in [0.5, 0.6) is 0 Å². The van der Waals surface area contributed by atoms with Crippen LogP contribution in [0.2, 0.25) is 0 Å². The van der Waals surface area contributed by atoms with Crippen molar-refractivity contribution in [2.45, 2.75) is 10.8 Å². The average molecular weight is 344 g/mol. The van der Waals surface area contributed by atoms with Crippen molar-refractivity contribution < 1.29 is 18.3 Å². The monoisotopic (exact) mass is 344 g/mol. The van der Waals surface area contributed by atoms with Crippen molar-refractivity contribution in [2.75, 3.05) is 10.8 Å². The number of fused-ring (bicyclic) bond motifs is 2. The summed E-state index contributed by atoms with van der Waals surface area (Å²) in [7, 11) is -3.90. The van der Waals surface area contributed by atoms with E-state index in [0.29, 0.717) is 22.3 Å². The Kier molecular flexibility index (Phi) is 3.07. The van der Waals surface area contributed by atoms with Gasteiger partial charge in [-0.15, -0.1) is 0 Å². The Balaban J connectivity index is 1.84. The highest BCUT2D eigenvalue weighted by atomic mass is 32.2. The van der Waals surface area contributed by atoms with Gasteiger partial charge in [0.05, 0.1) is 17.1 Å². The summed E-state index contributed by atoms with van der Waals surface area (Å²) in [5.41, 5.74) is 1.87. The molecular formula is C15H12N4O4S. The van der Waals surface area contributed by atoms with Crippen molar-refractivity contribution >= 4 is 32.7 Å². The van der Waals surface area contributed by atoms with Crippen LogP contribution >= 0.6 is 0 Å². The molecule has 1 aliphatic heterocycles. The average Bonchev–Trinajstić information content (AvgIpc) is 3.18. The molecule has 2 aromatic carbocycles. The van der Waals surface area contributed by atoms with E-state index in [9.17, 15) is 18.3 Å². The standard InChI is InChI=1S/C15H12N4O4S/c20-15(21)11-8-19(14-4-2-1-3-10(11)14)24(22,23)9-5-6-12-13(7-9)17-18-16-12/h1-7,11H,8H2,(H,20,21)(H,16,17,18)/t11-/m0/s1. The van der Waals surface area contributed by atoms with Gasteiger partial charge in [0.2, 0.25) is 0 Å². The summed E-state index contributed by atoms with van der Waals surface area (Å²) in [4.78, 5) is 11.5. The second-order valence-electron chi connectivity index (χ2n) is 5.46. The van der Waals surface area contributed by atoms with Gasteiger partial charge < -0.3 is 5.11 Å². The van der Waals surface area contributed by atoms with E-state index < -0.39 is 21.9 Å². The smallest absolute Gasteiger partial charge is 0.312 e. The van der Waals surface area contributed by atoms with Crippen LogP contribution in [0.1, 0.15) is 11.5 Å². The minimum atomic E-state index is -3.90. The first-order valence-electron chi connectivity index (χ1n) is 7.13. The number of H-pyrrole nitrogens is 1. The summed E-state index contributed by atoms with van der Waals surface area (Å²) < 4.78 is 27.2. The van der Waals surface area contributed by atoms with Gasteiger partial charge in [-0.3, -0.25) is 9.10 Å². The number of sulfonamides is 1. The van der Waals surface area contributed by atoms with E-state index in [4.69, 9.17) is 0 Å². The highest BCUT2D eigenvalue weighted by Crippen LogP contribution is 2.39. The largest absolute Gasteiger partial charge is 0.481 e. The number of carboxylic acids is 1. The lowest BCUT2D eigenvalue weighted by Crippen LogP contribution is -2.31. The second-order valence-corrected chi connectivity index (χ2v) is 7.32. The topological polar surface area (TPSA) is 116 Å². The lowest BCUT2D eigenvalue weighted by molar-refractivity contribution is -0.138. The summed E-state index contributed by atoms with van der Waals surface area (Å²) in [6, 6.07) is 11.1. The number of aromatic amines is 1. The molecule has 4 rings (SSSR count). The SMILES string of the molecule is O=C(O)[C@H]1CN(S(=O)(=O)c2ccc3n[nH]nc3c2)c2ccccc21. The molecular weight excluding hydrogens is 332 g/mol. The van der Waals surface area contributed by atoms with Gasteiger partial charge in [-0.05, 0) is 29.8 Å². The molecule has 8 nitrogen and oxygen atoms in total. The Morgan fingerprint density at radius 2 is 1.92 bits per heavy atom. The molecule has 0 saturated heterocycles. The normalized spacial score (nSPS) is 17.2. The van der Waals surface area contributed by atoms with Gasteiger partial charge in [-0.25, -0.2) is 8.42 Å². The fourth-order valence-electron chi connectivity index (χ4n) is 2.92. The van der Waals surface area contributed by atoms with Crippen LogP contribution in [0.15, 0.2) is 47.4 Å². The van der Waals surface area contributed by atoms with E-state index in [1.807, 2.05) is 0 Å². The van der Waals surface area contributed by atoms with Crippen LogP contribution in [-0.4, -0.2) is 41.4 Å². The molecule has 0 amide bonds. The molecule has 1 atom stereocenters. The number of rotatable bonds is 3. The van der Waals surface area contributed by atoms with Gasteiger partial charge in [0.15, 0.2) is 0 Å². The number of hydrogen-bond acceptors (Lipinski definition) is 5. The van der Waals surface area contributed by atoms with Crippen LogP contribution in [-0.2, 0) is 14.8 Å². The highest BCUT2D eigenvalue weighted by Gasteiger charge is 2.39. The van der Waals surface area contributed by atoms with Crippen LogP contribution in [0.25, 0.3) is 11.0 Å². The molecule has 24 heavy (non-hydrogen) atoms. The Morgan fingerprint density at radius 1 is 1.17 bits per heavy atom. The molecule has 0 spiro atoms. The predicted octanol–water partition coefficient (Wildman–Crippen LogP) is 1.33. The number of para-hydroxylation sites is 1. The third-order valence-electron chi connectivity index (χ3n) is 4.10. The minimum absolute atomic E-state index is 0.0461. The first-order valence-corrected chi connectivity index (χ1v) is 8.57. The van der Waals surface area contributed by atoms with E-state index >= 15 is 0 Å². The van der Waals surface area contributed by atoms with Crippen molar-refractivity contribution in [3.63, 3.8) is 0 Å². The molecule has 9 heteroatoms. The maximum absolute atomic E-state index is 13.0. The van der Waals surface area contributed by atoms with E-state index in [1.54, 1.807) is 30.3 Å². The number of nitrogens with one attached hydrogen (secondary N) is 1. The molecule has 0 bridgehead atoms. The number of anilines is 1. The summed E-state index contributed by atoms with van der Waals surface area (Å²) in [6.45, 7) is -0.131. The molecule has 122 valence electrons. The fourth-order valence-corrected chi connectivity index (χ4v) is 4.44. The molecule has 0 radical (unpaired) electrons. The molecule has 0 aliphatic carbocycles. The lowest BCUT2D eigenvalue weighted by Gasteiger charge is -2.19. The van der Waals surface area contributed by atoms with Crippen LogP contribution in [0.4, 0.5) is 5.69 Å². The van der Waals surface area contributed by atoms with Crippen LogP contribution in [0.3, 0.4) is 0 Å². The number of hydrogen-bond donors (Lipinski definition) is 2. The number of aliphatic carboxylic acids is 1. The van der Waals surface area contributed by atoms with E-state index in [0.717, 1.165) is 4.31 Å². The first kappa shape index (κ1) is 14.6. The Bertz CT molecular complexity index is 1060. The Hall–Kier alpha value is -2.94. The van der Waals surface area contributed by atoms with Crippen molar-refractivity contribution in [3.05, 3.63) is 48.0 Å². The summed E-state index contributed by atoms with van der Waals surface area (Å²) in [6.07, 6.45) is 0. The van der Waals surface area contributed by atoms with Crippen molar-refractivity contribution in [2.24, 2.45) is 0 Å². The maximum Gasteiger partial charge on any atom is 0.312 e. The number of carboxylic acid groups (broad SMARTS) is 1. The number of carbonyl (C=O) groups is 1. The molecule has 0 unspecified atom stereocenters. The summed E-state index contributed by atoms with van der Waals surface area (Å²) in [5.74, 6) is -1.93. The van der Waals surface area contributed by atoms with Gasteiger partial charge in [-0.2, -0.15) is 15.4 Å². The number of aromatic nitrogens is 3. The first-order chi connectivity index (χ1) is 11.5. The fraction of sp³-hybridized carbons (Fsp3) is 0.133. The maximum atomic E-state index is 13.0. The predicted molar refractivity (Wildman–Crippen MR) is 85.2 cm³/mol. The Morgan fingerprint density at radius 3 is 2.71 bits per heavy atom. The third kappa shape index (κ3) is 2.05. The third-order valence-corrected chi connectivity index (χ3v) is 5.88. The van der Waals surface area contributed by atoms with E-state index in [2.05, 4.69) is 15.4 Å². The van der Waals surface area contributed by atoms with E-state index in [1.165, 1.54) is 12.1 Å². The van der Waals surface area contributed by atoms with Crippen molar-refractivity contribution in [1.29, 1.82) is 0 Å². The van der Waals surface area contributed by atoms with Gasteiger partial charge in [0.25, 0.3) is 10.0 Å². The molecule has 1 aliphatic rings. The van der Waals surface area contributed by atoms with Crippen LogP contribution < -0.4 is 4.31 Å². The molecule has 0 saturated carbocycles. The molecule has 0 fully saturated rings. The summed E-state index contributed by atoms with van der Waals surface area (Å²) in [5, 5.41) is 19.6. The minimum Gasteiger partial charge on any atom is -0.481 e. The van der Waals surface area contributed by atoms with Gasteiger partial charge in [-0.1, -0.05) is 18.2 Å². The molecule has 3 aromatic rings. The lowest BCUT2D eigenvalue weighted by atomic mass is 10.0. The highest BCUT2D eigenvalue weighted by molar-refractivity contribution is 7.92. The van der Waals surface area contributed by atoms with Crippen molar-refractivity contribution in [1.82, 2.24) is 15.4 Å². The van der Waals surface area contributed by atoms with Crippen molar-refractivity contribution in [3.8, 4) is 0 Å².